The van der Waals surface area contributed by atoms with E-state index in [1.54, 1.807) is 18.2 Å². The van der Waals surface area contributed by atoms with E-state index in [0.717, 1.165) is 11.8 Å². The number of amides is 1. The average molecular weight is 388 g/mol. The molecule has 27 heavy (non-hydrogen) atoms. The molecule has 2 aromatic rings. The Morgan fingerprint density at radius 3 is 2.56 bits per heavy atom. The summed E-state index contributed by atoms with van der Waals surface area (Å²) in [6, 6.07) is 17.1. The van der Waals surface area contributed by atoms with Crippen molar-refractivity contribution < 1.29 is 13.2 Å². The molecular weight excluding hydrogens is 362 g/mol. The molecule has 0 saturated carbocycles. The Balaban J connectivity index is 1.69. The van der Waals surface area contributed by atoms with Crippen molar-refractivity contribution in [1.29, 1.82) is 0 Å². The lowest BCUT2D eigenvalue weighted by Gasteiger charge is -2.17. The second-order valence-electron chi connectivity index (χ2n) is 7.06. The summed E-state index contributed by atoms with van der Waals surface area (Å²) in [6.07, 6.45) is 1.34. The molecule has 0 unspecified atom stereocenters. The van der Waals surface area contributed by atoms with Crippen LogP contribution in [0.2, 0.25) is 0 Å². The predicted octanol–water partition coefficient (Wildman–Crippen LogP) is 1.80. The van der Waals surface area contributed by atoms with E-state index in [0.29, 0.717) is 25.3 Å². The second-order valence-corrected chi connectivity index (χ2v) is 8.81. The monoisotopic (exact) mass is 387 g/mol. The topological polar surface area (TPSA) is 92.5 Å². The van der Waals surface area contributed by atoms with Gasteiger partial charge in [0.15, 0.2) is 0 Å². The van der Waals surface area contributed by atoms with Crippen molar-refractivity contribution in [3.05, 3.63) is 65.7 Å². The van der Waals surface area contributed by atoms with Gasteiger partial charge in [0.25, 0.3) is 0 Å². The zero-order valence-corrected chi connectivity index (χ0v) is 16.2. The van der Waals surface area contributed by atoms with Crippen LogP contribution in [0.25, 0.3) is 0 Å². The van der Waals surface area contributed by atoms with Gasteiger partial charge in [0.05, 0.1) is 12.7 Å². The largest absolute Gasteiger partial charge is 0.341 e. The standard InChI is InChI=1S/C20H25N3O3S/c1-27(25,26)22-18-9-5-6-15(10-18)11-20(24)23-13-17(12-21)19(14-23)16-7-3-2-4-8-16/h2-10,17,19,22H,11-14,21H2,1H3/t17-,19+/m1/s1. The quantitative estimate of drug-likeness (QED) is 0.791. The van der Waals surface area contributed by atoms with Crippen molar-refractivity contribution in [2.75, 3.05) is 30.6 Å². The van der Waals surface area contributed by atoms with Gasteiger partial charge < -0.3 is 10.6 Å². The van der Waals surface area contributed by atoms with E-state index in [4.69, 9.17) is 5.73 Å². The van der Waals surface area contributed by atoms with E-state index in [-0.39, 0.29) is 24.2 Å². The first-order chi connectivity index (χ1) is 12.9. The van der Waals surface area contributed by atoms with E-state index >= 15 is 0 Å². The number of nitrogens with two attached hydrogens (primary N) is 1. The number of nitrogens with one attached hydrogen (secondary N) is 1. The second kappa shape index (κ2) is 8.10. The summed E-state index contributed by atoms with van der Waals surface area (Å²) in [5, 5.41) is 0. The van der Waals surface area contributed by atoms with Crippen molar-refractivity contribution in [3.8, 4) is 0 Å². The lowest BCUT2D eigenvalue weighted by Crippen LogP contribution is -2.31. The molecule has 1 amide bonds. The number of anilines is 1. The summed E-state index contributed by atoms with van der Waals surface area (Å²) in [5.74, 6) is 0.524. The molecule has 1 heterocycles. The first kappa shape index (κ1) is 19.4. The number of hydrogen-bond acceptors (Lipinski definition) is 4. The van der Waals surface area contributed by atoms with Crippen LogP contribution >= 0.6 is 0 Å². The van der Waals surface area contributed by atoms with Gasteiger partial charge in [-0.15, -0.1) is 0 Å². The molecule has 0 bridgehead atoms. The SMILES string of the molecule is CS(=O)(=O)Nc1cccc(CC(=O)N2C[C@@H](CN)[C@H](c3ccccc3)C2)c1. The summed E-state index contributed by atoms with van der Waals surface area (Å²) in [7, 11) is -3.35. The molecule has 3 N–H and O–H groups in total. The van der Waals surface area contributed by atoms with Crippen LogP contribution in [0.5, 0.6) is 0 Å². The van der Waals surface area contributed by atoms with Crippen molar-refractivity contribution in [3.63, 3.8) is 0 Å². The van der Waals surface area contributed by atoms with Gasteiger partial charge in [-0.25, -0.2) is 8.42 Å². The molecule has 2 aromatic carbocycles. The molecule has 3 rings (SSSR count). The van der Waals surface area contributed by atoms with Gasteiger partial charge >= 0.3 is 0 Å². The van der Waals surface area contributed by atoms with Crippen molar-refractivity contribution in [1.82, 2.24) is 4.90 Å². The molecule has 1 aliphatic heterocycles. The van der Waals surface area contributed by atoms with Gasteiger partial charge in [0.2, 0.25) is 15.9 Å². The lowest BCUT2D eigenvalue weighted by atomic mass is 9.89. The Hall–Kier alpha value is -2.38. The van der Waals surface area contributed by atoms with Crippen molar-refractivity contribution in [2.24, 2.45) is 11.7 Å². The fraction of sp³-hybridized carbons (Fsp3) is 0.350. The first-order valence-corrected chi connectivity index (χ1v) is 10.8. The number of likely N-dealkylation sites (tertiary alicyclic amines) is 1. The van der Waals surface area contributed by atoms with Crippen molar-refractivity contribution >= 4 is 21.6 Å². The highest BCUT2D eigenvalue weighted by Gasteiger charge is 2.35. The fourth-order valence-electron chi connectivity index (χ4n) is 3.64. The van der Waals surface area contributed by atoms with E-state index in [1.165, 1.54) is 5.56 Å². The summed E-state index contributed by atoms with van der Waals surface area (Å²) >= 11 is 0. The van der Waals surface area contributed by atoms with Crippen LogP contribution in [0.15, 0.2) is 54.6 Å². The van der Waals surface area contributed by atoms with E-state index in [2.05, 4.69) is 16.9 Å². The van der Waals surface area contributed by atoms with E-state index in [9.17, 15) is 13.2 Å². The number of sulfonamides is 1. The molecule has 0 aromatic heterocycles. The third-order valence-corrected chi connectivity index (χ3v) is 5.52. The van der Waals surface area contributed by atoms with Crippen LogP contribution in [-0.2, 0) is 21.2 Å². The maximum Gasteiger partial charge on any atom is 0.229 e. The third-order valence-electron chi connectivity index (χ3n) is 4.91. The van der Waals surface area contributed by atoms with E-state index < -0.39 is 10.0 Å². The van der Waals surface area contributed by atoms with Crippen LogP contribution in [-0.4, -0.2) is 45.1 Å². The zero-order chi connectivity index (χ0) is 19.4. The number of carbonyl (C=O) groups excluding carboxylic acids is 1. The van der Waals surface area contributed by atoms with Gasteiger partial charge in [-0.3, -0.25) is 9.52 Å². The smallest absolute Gasteiger partial charge is 0.229 e. The minimum absolute atomic E-state index is 0.0309. The zero-order valence-electron chi connectivity index (χ0n) is 15.3. The van der Waals surface area contributed by atoms with Crippen molar-refractivity contribution in [2.45, 2.75) is 12.3 Å². The Labute approximate surface area is 160 Å². The molecule has 1 saturated heterocycles. The highest BCUT2D eigenvalue weighted by atomic mass is 32.2. The summed E-state index contributed by atoms with van der Waals surface area (Å²) < 4.78 is 25.2. The molecule has 7 heteroatoms. The highest BCUT2D eigenvalue weighted by molar-refractivity contribution is 7.92. The number of hydrogen-bond donors (Lipinski definition) is 2. The Morgan fingerprint density at radius 2 is 1.89 bits per heavy atom. The molecule has 6 nitrogen and oxygen atoms in total. The summed E-state index contributed by atoms with van der Waals surface area (Å²) in [4.78, 5) is 14.7. The number of carbonyl (C=O) groups is 1. The van der Waals surface area contributed by atoms with Gasteiger partial charge in [-0.1, -0.05) is 42.5 Å². The minimum Gasteiger partial charge on any atom is -0.341 e. The van der Waals surface area contributed by atoms with Gasteiger partial charge in [-0.05, 0) is 35.7 Å². The Bertz CT molecular complexity index is 900. The highest BCUT2D eigenvalue weighted by Crippen LogP contribution is 2.32. The van der Waals surface area contributed by atoms with Crippen LogP contribution in [0.4, 0.5) is 5.69 Å². The number of rotatable bonds is 6. The molecule has 0 radical (unpaired) electrons. The number of benzene rings is 2. The van der Waals surface area contributed by atoms with Crippen LogP contribution in [0, 0.1) is 5.92 Å². The normalized spacial score (nSPS) is 19.9. The molecule has 1 fully saturated rings. The summed E-state index contributed by atoms with van der Waals surface area (Å²) in [5.41, 5.74) is 8.41. The first-order valence-electron chi connectivity index (χ1n) is 8.95. The predicted molar refractivity (Wildman–Crippen MR) is 107 cm³/mol. The molecule has 144 valence electrons. The Morgan fingerprint density at radius 1 is 1.15 bits per heavy atom. The van der Waals surface area contributed by atoms with Gasteiger partial charge in [-0.2, -0.15) is 0 Å². The minimum atomic E-state index is -3.35. The molecule has 1 aliphatic rings. The van der Waals surface area contributed by atoms with Crippen LogP contribution in [0.1, 0.15) is 17.0 Å². The molecule has 2 atom stereocenters. The van der Waals surface area contributed by atoms with Gasteiger partial charge in [0.1, 0.15) is 0 Å². The average Bonchev–Trinajstić information content (AvgIpc) is 3.06. The number of nitrogens with zero attached hydrogens (tertiary/aromatic N) is 1. The molecule has 0 spiro atoms. The fourth-order valence-corrected chi connectivity index (χ4v) is 4.19. The third kappa shape index (κ3) is 5.08. The van der Waals surface area contributed by atoms with Gasteiger partial charge in [0, 0.05) is 24.7 Å². The maximum absolute atomic E-state index is 12.8. The maximum atomic E-state index is 12.8. The lowest BCUT2D eigenvalue weighted by molar-refractivity contribution is -0.129. The summed E-state index contributed by atoms with van der Waals surface area (Å²) in [6.45, 7) is 1.85. The van der Waals surface area contributed by atoms with E-state index in [1.807, 2.05) is 29.2 Å². The Kier molecular flexibility index (Phi) is 5.82. The molecular formula is C20H25N3O3S. The molecule has 0 aliphatic carbocycles. The van der Waals surface area contributed by atoms with Crippen LogP contribution < -0.4 is 10.5 Å². The van der Waals surface area contributed by atoms with Crippen LogP contribution in [0.3, 0.4) is 0 Å².